The molecule has 1 aliphatic heterocycles. The summed E-state index contributed by atoms with van der Waals surface area (Å²) in [6.07, 6.45) is 4.20. The molecule has 7 heteroatoms. The van der Waals surface area contributed by atoms with Crippen molar-refractivity contribution in [1.29, 1.82) is 0 Å². The standard InChI is InChI=1S/C20H25N5O2/c1-15-8-9-17(23-13-15)20(27)25-12-3-2-5-16-6-4-7-18(24-16)21-10-11-22-19(26)14-25/h4,6-9,13H,2-3,5,10-12,14H2,1H3,(H,21,24)(H,22,26). The number of fused-ring (bicyclic) bond motifs is 2. The van der Waals surface area contributed by atoms with Crippen LogP contribution in [0, 0.1) is 6.92 Å². The third-order valence-corrected chi connectivity index (χ3v) is 4.42. The average molecular weight is 367 g/mol. The van der Waals surface area contributed by atoms with Crippen LogP contribution in [0.15, 0.2) is 36.5 Å². The van der Waals surface area contributed by atoms with Crippen LogP contribution in [0.2, 0.25) is 0 Å². The monoisotopic (exact) mass is 367 g/mol. The second-order valence-corrected chi connectivity index (χ2v) is 6.70. The topological polar surface area (TPSA) is 87.2 Å². The molecule has 3 heterocycles. The Hall–Kier alpha value is -2.96. The maximum atomic E-state index is 12.8. The zero-order chi connectivity index (χ0) is 19.1. The van der Waals surface area contributed by atoms with Gasteiger partial charge >= 0.3 is 0 Å². The minimum Gasteiger partial charge on any atom is -0.368 e. The third-order valence-electron chi connectivity index (χ3n) is 4.42. The van der Waals surface area contributed by atoms with E-state index in [1.54, 1.807) is 17.2 Å². The molecule has 2 aromatic rings. The van der Waals surface area contributed by atoms with E-state index in [0.29, 0.717) is 25.3 Å². The number of pyridine rings is 2. The van der Waals surface area contributed by atoms with Crippen molar-refractivity contribution >= 4 is 17.6 Å². The molecule has 7 nitrogen and oxygen atoms in total. The lowest BCUT2D eigenvalue weighted by molar-refractivity contribution is -0.121. The molecule has 3 rings (SSSR count). The summed E-state index contributed by atoms with van der Waals surface area (Å²) >= 11 is 0. The molecule has 0 aliphatic carbocycles. The molecule has 0 atom stereocenters. The smallest absolute Gasteiger partial charge is 0.272 e. The van der Waals surface area contributed by atoms with E-state index in [0.717, 1.165) is 36.3 Å². The van der Waals surface area contributed by atoms with Crippen molar-refractivity contribution in [2.75, 3.05) is 31.5 Å². The summed E-state index contributed by atoms with van der Waals surface area (Å²) in [6, 6.07) is 9.48. The van der Waals surface area contributed by atoms with Gasteiger partial charge in [-0.15, -0.1) is 0 Å². The van der Waals surface area contributed by atoms with Gasteiger partial charge in [-0.3, -0.25) is 14.6 Å². The maximum absolute atomic E-state index is 12.8. The summed E-state index contributed by atoms with van der Waals surface area (Å²) in [5.41, 5.74) is 2.39. The molecule has 0 saturated heterocycles. The third kappa shape index (κ3) is 5.51. The Morgan fingerprint density at radius 3 is 2.78 bits per heavy atom. The molecule has 2 aromatic heterocycles. The van der Waals surface area contributed by atoms with Crippen molar-refractivity contribution in [2.45, 2.75) is 26.2 Å². The molecule has 2 bridgehead atoms. The van der Waals surface area contributed by atoms with Crippen molar-refractivity contribution in [1.82, 2.24) is 20.2 Å². The van der Waals surface area contributed by atoms with Gasteiger partial charge in [0.05, 0.1) is 6.54 Å². The highest BCUT2D eigenvalue weighted by atomic mass is 16.2. The number of hydrogen-bond acceptors (Lipinski definition) is 5. The van der Waals surface area contributed by atoms with Gasteiger partial charge in [0.15, 0.2) is 0 Å². The maximum Gasteiger partial charge on any atom is 0.272 e. The Kier molecular flexibility index (Phi) is 6.35. The summed E-state index contributed by atoms with van der Waals surface area (Å²) in [4.78, 5) is 35.4. The van der Waals surface area contributed by atoms with Crippen molar-refractivity contribution in [2.24, 2.45) is 0 Å². The zero-order valence-corrected chi connectivity index (χ0v) is 15.6. The number of aromatic nitrogens is 2. The van der Waals surface area contributed by atoms with E-state index < -0.39 is 0 Å². The molecule has 0 fully saturated rings. The highest BCUT2D eigenvalue weighted by Gasteiger charge is 2.19. The van der Waals surface area contributed by atoms with Gasteiger partial charge in [0.1, 0.15) is 11.5 Å². The van der Waals surface area contributed by atoms with Gasteiger partial charge in [-0.1, -0.05) is 12.1 Å². The molecule has 0 spiro atoms. The van der Waals surface area contributed by atoms with Crippen LogP contribution in [-0.2, 0) is 11.2 Å². The summed E-state index contributed by atoms with van der Waals surface area (Å²) in [5, 5.41) is 6.05. The molecular weight excluding hydrogens is 342 g/mol. The van der Waals surface area contributed by atoms with E-state index in [2.05, 4.69) is 20.6 Å². The van der Waals surface area contributed by atoms with Gasteiger partial charge in [-0.05, 0) is 49.9 Å². The van der Waals surface area contributed by atoms with E-state index >= 15 is 0 Å². The largest absolute Gasteiger partial charge is 0.368 e. The Balaban J connectivity index is 1.70. The van der Waals surface area contributed by atoms with Crippen LogP contribution in [0.1, 0.15) is 34.6 Å². The molecule has 27 heavy (non-hydrogen) atoms. The summed E-state index contributed by atoms with van der Waals surface area (Å²) in [7, 11) is 0. The fraction of sp³-hybridized carbons (Fsp3) is 0.400. The Morgan fingerprint density at radius 1 is 1.11 bits per heavy atom. The molecule has 1 aliphatic rings. The number of carbonyl (C=O) groups is 2. The predicted octanol–water partition coefficient (Wildman–Crippen LogP) is 1.79. The summed E-state index contributed by atoms with van der Waals surface area (Å²) in [5.74, 6) is 0.438. The van der Waals surface area contributed by atoms with Crippen molar-refractivity contribution < 1.29 is 9.59 Å². The quantitative estimate of drug-likeness (QED) is 0.802. The summed E-state index contributed by atoms with van der Waals surface area (Å²) in [6.45, 7) is 3.52. The summed E-state index contributed by atoms with van der Waals surface area (Å²) < 4.78 is 0. The Bertz CT molecular complexity index is 791. The van der Waals surface area contributed by atoms with Crippen LogP contribution in [0.4, 0.5) is 5.82 Å². The normalized spacial score (nSPS) is 16.0. The highest BCUT2D eigenvalue weighted by molar-refractivity contribution is 5.94. The van der Waals surface area contributed by atoms with Crippen LogP contribution in [0.5, 0.6) is 0 Å². The van der Waals surface area contributed by atoms with E-state index in [4.69, 9.17) is 0 Å². The average Bonchev–Trinajstić information content (AvgIpc) is 2.67. The second kappa shape index (κ2) is 9.12. The van der Waals surface area contributed by atoms with Gasteiger partial charge in [0.25, 0.3) is 5.91 Å². The van der Waals surface area contributed by atoms with Crippen LogP contribution in [-0.4, -0.2) is 52.9 Å². The molecule has 142 valence electrons. The van der Waals surface area contributed by atoms with Crippen LogP contribution in [0.3, 0.4) is 0 Å². The number of hydrogen-bond donors (Lipinski definition) is 2. The van der Waals surface area contributed by atoms with Gasteiger partial charge in [0, 0.05) is 31.5 Å². The van der Waals surface area contributed by atoms with E-state index in [1.807, 2.05) is 31.2 Å². The molecule has 0 radical (unpaired) electrons. The lowest BCUT2D eigenvalue weighted by atomic mass is 10.1. The van der Waals surface area contributed by atoms with Crippen molar-refractivity contribution in [3.63, 3.8) is 0 Å². The first-order valence-corrected chi connectivity index (χ1v) is 9.30. The number of carbonyl (C=O) groups excluding carboxylic acids is 2. The van der Waals surface area contributed by atoms with E-state index in [9.17, 15) is 9.59 Å². The van der Waals surface area contributed by atoms with Crippen molar-refractivity contribution in [3.05, 3.63) is 53.5 Å². The fourth-order valence-electron chi connectivity index (χ4n) is 2.96. The zero-order valence-electron chi connectivity index (χ0n) is 15.6. The molecule has 0 unspecified atom stereocenters. The first kappa shape index (κ1) is 18.8. The number of amides is 2. The van der Waals surface area contributed by atoms with Gasteiger partial charge in [-0.2, -0.15) is 0 Å². The molecular formula is C20H25N5O2. The van der Waals surface area contributed by atoms with Gasteiger partial charge in [0.2, 0.25) is 5.91 Å². The number of nitrogens with zero attached hydrogens (tertiary/aromatic N) is 3. The fourth-order valence-corrected chi connectivity index (χ4v) is 2.96. The van der Waals surface area contributed by atoms with Crippen molar-refractivity contribution in [3.8, 4) is 0 Å². The number of aryl methyl sites for hydroxylation is 2. The molecule has 0 aromatic carbocycles. The SMILES string of the molecule is Cc1ccc(C(=O)N2CCCCc3cccc(n3)NCCNC(=O)C2)nc1. The lowest BCUT2D eigenvalue weighted by Gasteiger charge is -2.22. The van der Waals surface area contributed by atoms with E-state index in [-0.39, 0.29) is 18.4 Å². The molecule has 2 N–H and O–H groups in total. The Labute approximate surface area is 159 Å². The van der Waals surface area contributed by atoms with Crippen LogP contribution in [0.25, 0.3) is 0 Å². The first-order chi connectivity index (χ1) is 13.1. The number of anilines is 1. The molecule has 2 amide bonds. The minimum absolute atomic E-state index is 0.0396. The predicted molar refractivity (Wildman–Crippen MR) is 104 cm³/mol. The Morgan fingerprint density at radius 2 is 1.96 bits per heavy atom. The molecule has 0 saturated carbocycles. The van der Waals surface area contributed by atoms with Gasteiger partial charge in [-0.25, -0.2) is 4.98 Å². The van der Waals surface area contributed by atoms with Gasteiger partial charge < -0.3 is 15.5 Å². The minimum atomic E-state index is -0.213. The number of rotatable bonds is 1. The van der Waals surface area contributed by atoms with Crippen LogP contribution < -0.4 is 10.6 Å². The first-order valence-electron chi connectivity index (χ1n) is 9.30. The van der Waals surface area contributed by atoms with E-state index in [1.165, 1.54) is 0 Å². The lowest BCUT2D eigenvalue weighted by Crippen LogP contribution is -2.42. The highest BCUT2D eigenvalue weighted by Crippen LogP contribution is 2.10. The second-order valence-electron chi connectivity index (χ2n) is 6.70. The van der Waals surface area contributed by atoms with Crippen LogP contribution >= 0.6 is 0 Å². The number of nitrogens with one attached hydrogen (secondary N) is 2.